The molecule has 0 bridgehead atoms. The number of aryl methyl sites for hydroxylation is 1. The largest absolute Gasteiger partial charge is 0.390 e. The van der Waals surface area contributed by atoms with E-state index < -0.39 is 6.10 Å². The first-order valence-corrected chi connectivity index (χ1v) is 7.25. The lowest BCUT2D eigenvalue weighted by Crippen LogP contribution is -2.38. The van der Waals surface area contributed by atoms with Gasteiger partial charge in [0.15, 0.2) is 5.78 Å². The van der Waals surface area contributed by atoms with Crippen LogP contribution >= 0.6 is 0 Å². The van der Waals surface area contributed by atoms with Gasteiger partial charge in [-0.05, 0) is 39.4 Å². The number of likely N-dealkylation sites (N-methyl/N-ethyl adjacent to an activating group) is 1. The van der Waals surface area contributed by atoms with Crippen molar-refractivity contribution in [2.75, 3.05) is 27.2 Å². The van der Waals surface area contributed by atoms with Gasteiger partial charge in [0.05, 0.1) is 17.4 Å². The lowest BCUT2D eigenvalue weighted by atomic mass is 9.93. The highest BCUT2D eigenvalue weighted by Gasteiger charge is 2.27. The third kappa shape index (κ3) is 3.51. The second-order valence-electron chi connectivity index (χ2n) is 5.88. The molecule has 2 rings (SSSR count). The molecule has 1 heterocycles. The maximum absolute atomic E-state index is 12.3. The second-order valence-corrected chi connectivity index (χ2v) is 5.88. The average molecular weight is 293 g/mol. The number of amides is 1. The molecule has 6 heteroatoms. The van der Waals surface area contributed by atoms with E-state index in [0.29, 0.717) is 24.2 Å². The molecule has 0 aliphatic heterocycles. The molecule has 0 aromatic carbocycles. The number of hydrogen-bond donors (Lipinski definition) is 3. The number of nitrogens with one attached hydrogen (secondary N) is 2. The van der Waals surface area contributed by atoms with Crippen LogP contribution < -0.4 is 5.32 Å². The fourth-order valence-electron chi connectivity index (χ4n) is 2.81. The molecule has 0 saturated heterocycles. The summed E-state index contributed by atoms with van der Waals surface area (Å²) in [5.74, 6) is -0.149. The normalized spacial score (nSPS) is 16.0. The number of nitrogens with zero attached hydrogens (tertiary/aromatic N) is 1. The minimum Gasteiger partial charge on any atom is -0.390 e. The van der Waals surface area contributed by atoms with Gasteiger partial charge in [0.25, 0.3) is 5.91 Å². The number of ketones is 1. The summed E-state index contributed by atoms with van der Waals surface area (Å²) in [5.41, 5.74) is 2.69. The molecule has 1 aromatic rings. The van der Waals surface area contributed by atoms with E-state index in [1.165, 1.54) is 0 Å². The van der Waals surface area contributed by atoms with Crippen molar-refractivity contribution >= 4 is 11.7 Å². The van der Waals surface area contributed by atoms with Crippen molar-refractivity contribution in [2.45, 2.75) is 32.3 Å². The van der Waals surface area contributed by atoms with Crippen LogP contribution in [-0.4, -0.2) is 60.0 Å². The second kappa shape index (κ2) is 6.41. The van der Waals surface area contributed by atoms with Crippen molar-refractivity contribution in [3.8, 4) is 0 Å². The number of rotatable bonds is 5. The third-order valence-corrected chi connectivity index (χ3v) is 3.70. The first-order valence-electron chi connectivity index (χ1n) is 7.25. The van der Waals surface area contributed by atoms with Gasteiger partial charge in [0.1, 0.15) is 0 Å². The Morgan fingerprint density at radius 2 is 2.14 bits per heavy atom. The zero-order valence-corrected chi connectivity index (χ0v) is 12.8. The number of aromatic nitrogens is 1. The lowest BCUT2D eigenvalue weighted by Gasteiger charge is -2.17. The number of Topliss-reactive ketones (excluding diaryl/α,β-unsaturated/α-hetero) is 1. The van der Waals surface area contributed by atoms with E-state index in [9.17, 15) is 14.7 Å². The Labute approximate surface area is 124 Å². The number of H-pyrrole nitrogens is 1. The lowest BCUT2D eigenvalue weighted by molar-refractivity contribution is 0.0891. The Kier molecular flexibility index (Phi) is 4.80. The van der Waals surface area contributed by atoms with Gasteiger partial charge >= 0.3 is 0 Å². The minimum atomic E-state index is -0.611. The smallest absolute Gasteiger partial charge is 0.253 e. The van der Waals surface area contributed by atoms with Crippen LogP contribution in [0, 0.1) is 6.92 Å². The Morgan fingerprint density at radius 3 is 2.81 bits per heavy atom. The number of hydrogen-bond acceptors (Lipinski definition) is 4. The first-order chi connectivity index (χ1) is 9.90. The SMILES string of the molecule is Cc1[nH]c2c(c1C(=O)NCC(O)CN(C)C)CCCC2=O. The number of aliphatic hydroxyl groups excluding tert-OH is 1. The number of aliphatic hydroxyl groups is 1. The summed E-state index contributed by atoms with van der Waals surface area (Å²) < 4.78 is 0. The van der Waals surface area contributed by atoms with Crippen LogP contribution in [0.2, 0.25) is 0 Å². The van der Waals surface area contributed by atoms with Crippen molar-refractivity contribution in [2.24, 2.45) is 0 Å². The van der Waals surface area contributed by atoms with Gasteiger partial charge in [-0.1, -0.05) is 0 Å². The predicted octanol–water partition coefficient (Wildman–Crippen LogP) is 0.494. The molecule has 1 aliphatic rings. The van der Waals surface area contributed by atoms with Gasteiger partial charge < -0.3 is 20.3 Å². The van der Waals surface area contributed by atoms with Crippen LogP contribution in [0.1, 0.15) is 44.9 Å². The van der Waals surface area contributed by atoms with Crippen LogP contribution in [0.25, 0.3) is 0 Å². The van der Waals surface area contributed by atoms with Gasteiger partial charge in [0.2, 0.25) is 0 Å². The molecule has 0 radical (unpaired) electrons. The van der Waals surface area contributed by atoms with Gasteiger partial charge in [-0.15, -0.1) is 0 Å². The van der Waals surface area contributed by atoms with E-state index in [1.54, 1.807) is 6.92 Å². The first kappa shape index (κ1) is 15.7. The summed E-state index contributed by atoms with van der Waals surface area (Å²) in [6.45, 7) is 2.49. The number of carbonyl (C=O) groups excluding carboxylic acids is 2. The fraction of sp³-hybridized carbons (Fsp3) is 0.600. The van der Waals surface area contributed by atoms with Crippen LogP contribution in [0.4, 0.5) is 0 Å². The fourth-order valence-corrected chi connectivity index (χ4v) is 2.81. The third-order valence-electron chi connectivity index (χ3n) is 3.70. The molecule has 3 N–H and O–H groups in total. The van der Waals surface area contributed by atoms with Gasteiger partial charge in [-0.25, -0.2) is 0 Å². The zero-order chi connectivity index (χ0) is 15.6. The molecular formula is C15H23N3O3. The molecule has 6 nitrogen and oxygen atoms in total. The van der Waals surface area contributed by atoms with E-state index in [1.807, 2.05) is 19.0 Å². The zero-order valence-electron chi connectivity index (χ0n) is 12.8. The van der Waals surface area contributed by atoms with Crippen molar-refractivity contribution < 1.29 is 14.7 Å². The van der Waals surface area contributed by atoms with E-state index >= 15 is 0 Å². The predicted molar refractivity (Wildman–Crippen MR) is 79.7 cm³/mol. The molecule has 1 atom stereocenters. The Bertz CT molecular complexity index is 549. The Morgan fingerprint density at radius 1 is 1.43 bits per heavy atom. The molecule has 0 fully saturated rings. The molecule has 1 unspecified atom stereocenters. The molecule has 1 aromatic heterocycles. The van der Waals surface area contributed by atoms with Crippen molar-refractivity contribution in [3.05, 3.63) is 22.5 Å². The van der Waals surface area contributed by atoms with Crippen molar-refractivity contribution in [1.82, 2.24) is 15.2 Å². The van der Waals surface area contributed by atoms with Crippen LogP contribution in [0.5, 0.6) is 0 Å². The average Bonchev–Trinajstić information content (AvgIpc) is 2.73. The van der Waals surface area contributed by atoms with Gasteiger partial charge in [0, 0.05) is 25.2 Å². The number of fused-ring (bicyclic) bond motifs is 1. The highest BCUT2D eigenvalue weighted by atomic mass is 16.3. The monoisotopic (exact) mass is 293 g/mol. The summed E-state index contributed by atoms with van der Waals surface area (Å²) in [5, 5.41) is 12.5. The standard InChI is InChI=1S/C15H23N3O3/c1-9-13(11-5-4-6-12(20)14(11)17-9)15(21)16-7-10(19)8-18(2)3/h10,17,19H,4-8H2,1-3H3,(H,16,21). The number of carbonyl (C=O) groups is 2. The molecule has 1 aliphatic carbocycles. The Balaban J connectivity index is 2.08. The molecule has 21 heavy (non-hydrogen) atoms. The summed E-state index contributed by atoms with van der Waals surface area (Å²) in [6, 6.07) is 0. The Hall–Kier alpha value is -1.66. The molecule has 0 saturated carbocycles. The van der Waals surface area contributed by atoms with Gasteiger partial charge in [-0.2, -0.15) is 0 Å². The van der Waals surface area contributed by atoms with Crippen molar-refractivity contribution in [1.29, 1.82) is 0 Å². The van der Waals surface area contributed by atoms with Crippen LogP contribution in [-0.2, 0) is 6.42 Å². The number of aromatic amines is 1. The van der Waals surface area contributed by atoms with E-state index in [0.717, 1.165) is 24.1 Å². The van der Waals surface area contributed by atoms with Crippen molar-refractivity contribution in [3.63, 3.8) is 0 Å². The quantitative estimate of drug-likeness (QED) is 0.738. The summed E-state index contributed by atoms with van der Waals surface area (Å²) in [7, 11) is 3.73. The highest BCUT2D eigenvalue weighted by molar-refractivity contribution is 6.04. The maximum atomic E-state index is 12.3. The summed E-state index contributed by atoms with van der Waals surface area (Å²) in [4.78, 5) is 29.1. The topological polar surface area (TPSA) is 85.4 Å². The highest BCUT2D eigenvalue weighted by Crippen LogP contribution is 2.26. The van der Waals surface area contributed by atoms with Crippen LogP contribution in [0.15, 0.2) is 0 Å². The summed E-state index contributed by atoms with van der Waals surface area (Å²) in [6.07, 6.45) is 1.46. The van der Waals surface area contributed by atoms with E-state index in [4.69, 9.17) is 0 Å². The summed E-state index contributed by atoms with van der Waals surface area (Å²) >= 11 is 0. The molecule has 116 valence electrons. The molecular weight excluding hydrogens is 270 g/mol. The molecule has 1 amide bonds. The van der Waals surface area contributed by atoms with Gasteiger partial charge in [-0.3, -0.25) is 9.59 Å². The maximum Gasteiger partial charge on any atom is 0.253 e. The van der Waals surface area contributed by atoms with E-state index in [-0.39, 0.29) is 18.2 Å². The van der Waals surface area contributed by atoms with Crippen LogP contribution in [0.3, 0.4) is 0 Å². The molecule has 0 spiro atoms. The van der Waals surface area contributed by atoms with E-state index in [2.05, 4.69) is 10.3 Å². The minimum absolute atomic E-state index is 0.0750.